The average molecular weight is 337 g/mol. The molecule has 0 radical (unpaired) electrons. The van der Waals surface area contributed by atoms with Gasteiger partial charge in [-0.15, -0.1) is 0 Å². The van der Waals surface area contributed by atoms with Gasteiger partial charge in [-0.2, -0.15) is 0 Å². The molecule has 0 unspecified atom stereocenters. The molecule has 1 aromatic carbocycles. The van der Waals surface area contributed by atoms with Crippen LogP contribution in [0.3, 0.4) is 0 Å². The molecule has 2 rings (SSSR count). The molecule has 2 amide bonds. The summed E-state index contributed by atoms with van der Waals surface area (Å²) in [6.07, 6.45) is 4.42. The molecule has 1 N–H and O–H groups in total. The van der Waals surface area contributed by atoms with E-state index in [0.29, 0.717) is 36.0 Å². The van der Waals surface area contributed by atoms with Crippen LogP contribution >= 0.6 is 11.6 Å². The van der Waals surface area contributed by atoms with Crippen LogP contribution in [0.25, 0.3) is 0 Å². The number of piperidine rings is 1. The van der Waals surface area contributed by atoms with E-state index in [-0.39, 0.29) is 11.8 Å². The minimum absolute atomic E-state index is 0.0125. The van der Waals surface area contributed by atoms with Crippen molar-refractivity contribution >= 4 is 23.4 Å². The molecule has 0 bridgehead atoms. The number of halogens is 1. The third-order valence-corrected chi connectivity index (χ3v) is 4.66. The zero-order valence-electron chi connectivity index (χ0n) is 13.7. The average Bonchev–Trinajstić information content (AvgIpc) is 2.56. The molecule has 1 fully saturated rings. The Morgan fingerprint density at radius 3 is 2.61 bits per heavy atom. The van der Waals surface area contributed by atoms with Gasteiger partial charge in [0.2, 0.25) is 5.91 Å². The molecule has 0 spiro atoms. The van der Waals surface area contributed by atoms with Crippen LogP contribution in [0.4, 0.5) is 0 Å². The second-order valence-corrected chi connectivity index (χ2v) is 6.53. The fourth-order valence-electron chi connectivity index (χ4n) is 2.88. The zero-order valence-corrected chi connectivity index (χ0v) is 14.4. The fraction of sp³-hybridized carbons (Fsp3) is 0.556. The summed E-state index contributed by atoms with van der Waals surface area (Å²) in [5.74, 6) is 0.489. The summed E-state index contributed by atoms with van der Waals surface area (Å²) >= 11 is 6.10. The van der Waals surface area contributed by atoms with Gasteiger partial charge in [0.05, 0.1) is 10.6 Å². The number of nitrogens with one attached hydrogen (secondary N) is 1. The van der Waals surface area contributed by atoms with Gasteiger partial charge in [0.1, 0.15) is 0 Å². The second kappa shape index (κ2) is 8.92. The van der Waals surface area contributed by atoms with E-state index < -0.39 is 0 Å². The number of likely N-dealkylation sites (tertiary alicyclic amines) is 1. The Morgan fingerprint density at radius 2 is 1.96 bits per heavy atom. The number of hydrogen-bond acceptors (Lipinski definition) is 2. The molecule has 0 aromatic heterocycles. The molecule has 1 heterocycles. The third kappa shape index (κ3) is 5.24. The van der Waals surface area contributed by atoms with Gasteiger partial charge >= 0.3 is 0 Å². The van der Waals surface area contributed by atoms with Crippen molar-refractivity contribution in [1.29, 1.82) is 0 Å². The maximum Gasteiger partial charge on any atom is 0.255 e. The fourth-order valence-corrected chi connectivity index (χ4v) is 3.10. The molecule has 1 saturated heterocycles. The van der Waals surface area contributed by atoms with E-state index >= 15 is 0 Å². The lowest BCUT2D eigenvalue weighted by Crippen LogP contribution is -2.39. The highest BCUT2D eigenvalue weighted by molar-refractivity contribution is 6.33. The number of nitrogens with zero attached hydrogens (tertiary/aromatic N) is 1. The van der Waals surface area contributed by atoms with Gasteiger partial charge in [-0.05, 0) is 37.3 Å². The summed E-state index contributed by atoms with van der Waals surface area (Å²) < 4.78 is 0. The molecule has 0 aliphatic carbocycles. The predicted octanol–water partition coefficient (Wildman–Crippen LogP) is 3.50. The first-order valence-electron chi connectivity index (χ1n) is 8.42. The highest BCUT2D eigenvalue weighted by Crippen LogP contribution is 2.24. The van der Waals surface area contributed by atoms with E-state index in [0.717, 1.165) is 32.2 Å². The Kier molecular flexibility index (Phi) is 6.90. The summed E-state index contributed by atoms with van der Waals surface area (Å²) in [6, 6.07) is 7.15. The van der Waals surface area contributed by atoms with E-state index in [1.165, 1.54) is 0 Å². The standard InChI is InChI=1S/C18H25ClN2O2/c1-2-3-10-20-17(22)13-14-8-11-21(12-9-14)18(23)15-6-4-5-7-16(15)19/h4-7,14H,2-3,8-13H2,1H3,(H,20,22). The number of hydrogen-bond donors (Lipinski definition) is 1. The van der Waals surface area contributed by atoms with E-state index in [2.05, 4.69) is 12.2 Å². The van der Waals surface area contributed by atoms with Gasteiger partial charge in [0, 0.05) is 26.1 Å². The highest BCUT2D eigenvalue weighted by Gasteiger charge is 2.25. The van der Waals surface area contributed by atoms with E-state index in [1.807, 2.05) is 17.0 Å². The van der Waals surface area contributed by atoms with Gasteiger partial charge in [-0.1, -0.05) is 37.1 Å². The number of benzene rings is 1. The summed E-state index contributed by atoms with van der Waals surface area (Å²) in [5.41, 5.74) is 0.560. The van der Waals surface area contributed by atoms with Crippen LogP contribution in [0.2, 0.25) is 5.02 Å². The smallest absolute Gasteiger partial charge is 0.255 e. The first-order valence-corrected chi connectivity index (χ1v) is 8.80. The number of carbonyl (C=O) groups excluding carboxylic acids is 2. The van der Waals surface area contributed by atoms with E-state index in [9.17, 15) is 9.59 Å². The Bertz CT molecular complexity index is 540. The number of carbonyl (C=O) groups is 2. The minimum atomic E-state index is -0.0125. The molecule has 0 saturated carbocycles. The van der Waals surface area contributed by atoms with Gasteiger partial charge < -0.3 is 10.2 Å². The molecule has 5 heteroatoms. The Hall–Kier alpha value is -1.55. The maximum atomic E-state index is 12.5. The van der Waals surface area contributed by atoms with Crippen molar-refractivity contribution in [1.82, 2.24) is 10.2 Å². The molecule has 1 aliphatic heterocycles. The highest BCUT2D eigenvalue weighted by atomic mass is 35.5. The van der Waals surface area contributed by atoms with Crippen molar-refractivity contribution in [3.05, 3.63) is 34.9 Å². The van der Waals surface area contributed by atoms with Crippen molar-refractivity contribution < 1.29 is 9.59 Å². The molecule has 23 heavy (non-hydrogen) atoms. The van der Waals surface area contributed by atoms with Crippen molar-refractivity contribution in [3.63, 3.8) is 0 Å². The maximum absolute atomic E-state index is 12.5. The van der Waals surface area contributed by atoms with Crippen molar-refractivity contribution in [2.45, 2.75) is 39.0 Å². The van der Waals surface area contributed by atoms with Gasteiger partial charge in [0.25, 0.3) is 5.91 Å². The Morgan fingerprint density at radius 1 is 1.26 bits per heavy atom. The van der Waals surface area contributed by atoms with Crippen molar-refractivity contribution in [3.8, 4) is 0 Å². The molecule has 0 atom stereocenters. The zero-order chi connectivity index (χ0) is 16.7. The van der Waals surface area contributed by atoms with Crippen LogP contribution in [0.5, 0.6) is 0 Å². The topological polar surface area (TPSA) is 49.4 Å². The summed E-state index contributed by atoms with van der Waals surface area (Å²) in [5, 5.41) is 3.46. The molecule has 4 nitrogen and oxygen atoms in total. The summed E-state index contributed by atoms with van der Waals surface area (Å²) in [7, 11) is 0. The lowest BCUT2D eigenvalue weighted by molar-refractivity contribution is -0.122. The molecule has 126 valence electrons. The first kappa shape index (κ1) is 17.8. The largest absolute Gasteiger partial charge is 0.356 e. The minimum Gasteiger partial charge on any atom is -0.356 e. The van der Waals surface area contributed by atoms with Crippen LogP contribution in [0.15, 0.2) is 24.3 Å². The molecule has 1 aliphatic rings. The summed E-state index contributed by atoms with van der Waals surface area (Å²) in [6.45, 7) is 4.25. The number of rotatable bonds is 6. The van der Waals surface area contributed by atoms with Crippen molar-refractivity contribution in [2.24, 2.45) is 5.92 Å². The van der Waals surface area contributed by atoms with Crippen LogP contribution in [0, 0.1) is 5.92 Å². The monoisotopic (exact) mass is 336 g/mol. The third-order valence-electron chi connectivity index (χ3n) is 4.33. The predicted molar refractivity (Wildman–Crippen MR) is 92.6 cm³/mol. The van der Waals surface area contributed by atoms with Gasteiger partial charge in [-0.3, -0.25) is 9.59 Å². The molecule has 1 aromatic rings. The second-order valence-electron chi connectivity index (χ2n) is 6.12. The van der Waals surface area contributed by atoms with Crippen molar-refractivity contribution in [2.75, 3.05) is 19.6 Å². The molecular weight excluding hydrogens is 312 g/mol. The lowest BCUT2D eigenvalue weighted by Gasteiger charge is -2.32. The van der Waals surface area contributed by atoms with Gasteiger partial charge in [0.15, 0.2) is 0 Å². The van der Waals surface area contributed by atoms with Gasteiger partial charge in [-0.25, -0.2) is 0 Å². The van der Waals surface area contributed by atoms with Crippen LogP contribution in [-0.2, 0) is 4.79 Å². The van der Waals surface area contributed by atoms with E-state index in [4.69, 9.17) is 11.6 Å². The summed E-state index contributed by atoms with van der Waals surface area (Å²) in [4.78, 5) is 26.2. The number of amides is 2. The Labute approximate surface area is 143 Å². The SMILES string of the molecule is CCCCNC(=O)CC1CCN(C(=O)c2ccccc2Cl)CC1. The van der Waals surface area contributed by atoms with E-state index in [1.54, 1.807) is 12.1 Å². The number of unbranched alkanes of at least 4 members (excludes halogenated alkanes) is 1. The molecular formula is C18H25ClN2O2. The van der Waals surface area contributed by atoms with Crippen LogP contribution in [0.1, 0.15) is 49.4 Å². The lowest BCUT2D eigenvalue weighted by atomic mass is 9.93. The first-order chi connectivity index (χ1) is 11.1. The Balaban J connectivity index is 1.79. The quantitative estimate of drug-likeness (QED) is 0.808. The normalized spacial score (nSPS) is 15.5. The van der Waals surface area contributed by atoms with Crippen LogP contribution in [-0.4, -0.2) is 36.3 Å². The van der Waals surface area contributed by atoms with Crippen LogP contribution < -0.4 is 5.32 Å².